The summed E-state index contributed by atoms with van der Waals surface area (Å²) in [5.41, 5.74) is 7.13. The molecule has 0 saturated carbocycles. The monoisotopic (exact) mass is 289 g/mol. The number of carbonyl (C=O) groups excluding carboxylic acids is 1. The average molecular weight is 289 g/mol. The molecule has 2 nitrogen and oxygen atoms in total. The van der Waals surface area contributed by atoms with Gasteiger partial charge in [-0.1, -0.05) is 82.2 Å². The number of unbranched alkanes of at least 4 members (excludes halogenated alkanes) is 7. The summed E-state index contributed by atoms with van der Waals surface area (Å²) in [6.07, 6.45) is 11.3. The maximum Gasteiger partial charge on any atom is 0.134 e. The van der Waals surface area contributed by atoms with E-state index in [-0.39, 0.29) is 6.04 Å². The van der Waals surface area contributed by atoms with Crippen molar-refractivity contribution in [3.8, 4) is 0 Å². The average Bonchev–Trinajstić information content (AvgIpc) is 2.50. The van der Waals surface area contributed by atoms with E-state index >= 15 is 0 Å². The second-order valence-electron chi connectivity index (χ2n) is 5.98. The smallest absolute Gasteiger partial charge is 0.134 e. The third kappa shape index (κ3) is 8.67. The molecule has 1 atom stereocenters. The molecular weight excluding hydrogens is 258 g/mol. The zero-order valence-electron chi connectivity index (χ0n) is 13.5. The van der Waals surface area contributed by atoms with Gasteiger partial charge in [0.2, 0.25) is 0 Å². The van der Waals surface area contributed by atoms with Crippen molar-refractivity contribution >= 4 is 5.78 Å². The van der Waals surface area contributed by atoms with E-state index in [0.29, 0.717) is 18.6 Å². The number of ketones is 1. The highest BCUT2D eigenvalue weighted by Crippen LogP contribution is 2.16. The molecule has 0 amide bonds. The van der Waals surface area contributed by atoms with E-state index in [1.807, 2.05) is 30.3 Å². The lowest BCUT2D eigenvalue weighted by atomic mass is 9.99. The highest BCUT2D eigenvalue weighted by molar-refractivity contribution is 5.79. The van der Waals surface area contributed by atoms with Crippen LogP contribution in [0.4, 0.5) is 0 Å². The molecule has 118 valence electrons. The van der Waals surface area contributed by atoms with Crippen LogP contribution in [0.1, 0.15) is 82.7 Å². The first-order chi connectivity index (χ1) is 10.2. The normalized spacial score (nSPS) is 12.3. The Balaban J connectivity index is 2.04. The van der Waals surface area contributed by atoms with Crippen LogP contribution in [-0.4, -0.2) is 5.78 Å². The second-order valence-corrected chi connectivity index (χ2v) is 5.98. The lowest BCUT2D eigenvalue weighted by Crippen LogP contribution is -2.15. The third-order valence-corrected chi connectivity index (χ3v) is 3.98. The Bertz CT molecular complexity index is 374. The molecule has 0 heterocycles. The maximum absolute atomic E-state index is 11.9. The molecular formula is C19H31NO. The predicted molar refractivity (Wildman–Crippen MR) is 90.2 cm³/mol. The number of rotatable bonds is 12. The fourth-order valence-electron chi connectivity index (χ4n) is 2.62. The Labute approximate surface area is 130 Å². The first-order valence-corrected chi connectivity index (χ1v) is 8.56. The topological polar surface area (TPSA) is 43.1 Å². The van der Waals surface area contributed by atoms with Crippen LogP contribution < -0.4 is 5.73 Å². The van der Waals surface area contributed by atoms with Crippen molar-refractivity contribution in [1.82, 2.24) is 0 Å². The number of Topliss-reactive ketones (excluding diaryl/α,β-unsaturated/α-hetero) is 1. The van der Waals surface area contributed by atoms with E-state index in [1.54, 1.807) is 0 Å². The molecule has 2 N–H and O–H groups in total. The van der Waals surface area contributed by atoms with Gasteiger partial charge in [-0.2, -0.15) is 0 Å². The molecule has 0 aromatic heterocycles. The van der Waals surface area contributed by atoms with Gasteiger partial charge in [0, 0.05) is 18.9 Å². The molecule has 0 saturated heterocycles. The summed E-state index contributed by atoms with van der Waals surface area (Å²) >= 11 is 0. The predicted octanol–water partition coefficient (Wildman–Crippen LogP) is 5.18. The molecule has 1 aromatic rings. The first kappa shape index (κ1) is 17.9. The molecule has 0 aliphatic rings. The molecule has 0 spiro atoms. The van der Waals surface area contributed by atoms with E-state index in [2.05, 4.69) is 6.92 Å². The van der Waals surface area contributed by atoms with Gasteiger partial charge >= 0.3 is 0 Å². The minimum atomic E-state index is -0.146. The molecule has 0 bridgehead atoms. The van der Waals surface area contributed by atoms with Crippen molar-refractivity contribution in [2.45, 2.75) is 77.2 Å². The van der Waals surface area contributed by atoms with Crippen LogP contribution in [0.5, 0.6) is 0 Å². The summed E-state index contributed by atoms with van der Waals surface area (Å²) in [5, 5.41) is 0. The van der Waals surface area contributed by atoms with Crippen LogP contribution in [0.25, 0.3) is 0 Å². The summed E-state index contributed by atoms with van der Waals surface area (Å²) in [4.78, 5) is 11.9. The van der Waals surface area contributed by atoms with Crippen LogP contribution in [0, 0.1) is 0 Å². The lowest BCUT2D eigenvalue weighted by Gasteiger charge is -2.10. The van der Waals surface area contributed by atoms with Gasteiger partial charge in [0.1, 0.15) is 5.78 Å². The van der Waals surface area contributed by atoms with E-state index in [0.717, 1.165) is 12.0 Å². The van der Waals surface area contributed by atoms with Crippen molar-refractivity contribution < 1.29 is 4.79 Å². The van der Waals surface area contributed by atoms with Crippen LogP contribution in [0.3, 0.4) is 0 Å². The summed E-state index contributed by atoms with van der Waals surface area (Å²) in [5.74, 6) is 0.303. The van der Waals surface area contributed by atoms with Crippen molar-refractivity contribution in [3.05, 3.63) is 35.9 Å². The molecule has 0 aliphatic carbocycles. The van der Waals surface area contributed by atoms with Gasteiger partial charge < -0.3 is 5.73 Å². The van der Waals surface area contributed by atoms with Crippen LogP contribution >= 0.6 is 0 Å². The molecule has 1 unspecified atom stereocenters. The zero-order chi connectivity index (χ0) is 15.3. The Morgan fingerprint density at radius 2 is 1.52 bits per heavy atom. The maximum atomic E-state index is 11.9. The van der Waals surface area contributed by atoms with Crippen molar-refractivity contribution in [1.29, 1.82) is 0 Å². The van der Waals surface area contributed by atoms with Gasteiger partial charge in [0.25, 0.3) is 0 Å². The Morgan fingerprint density at radius 1 is 0.952 bits per heavy atom. The minimum absolute atomic E-state index is 0.146. The minimum Gasteiger partial charge on any atom is -0.324 e. The molecule has 1 aromatic carbocycles. The standard InChI is InChI=1S/C19H31NO/c1-2-3-4-5-6-7-8-12-15-18(21)16-19(20)17-13-10-9-11-14-17/h9-11,13-14,19H,2-8,12,15-16,20H2,1H3. The summed E-state index contributed by atoms with van der Waals surface area (Å²) < 4.78 is 0. The summed E-state index contributed by atoms with van der Waals surface area (Å²) in [6, 6.07) is 9.75. The van der Waals surface area contributed by atoms with Gasteiger partial charge in [0.05, 0.1) is 0 Å². The second kappa shape index (κ2) is 11.5. The van der Waals surface area contributed by atoms with E-state index in [1.165, 1.54) is 44.9 Å². The Morgan fingerprint density at radius 3 is 2.14 bits per heavy atom. The molecule has 21 heavy (non-hydrogen) atoms. The Kier molecular flexibility index (Phi) is 9.81. The van der Waals surface area contributed by atoms with Crippen LogP contribution in [0.15, 0.2) is 30.3 Å². The Hall–Kier alpha value is -1.15. The van der Waals surface area contributed by atoms with E-state index in [9.17, 15) is 4.79 Å². The number of hydrogen-bond acceptors (Lipinski definition) is 2. The molecule has 0 radical (unpaired) electrons. The number of benzene rings is 1. The number of hydrogen-bond donors (Lipinski definition) is 1. The zero-order valence-corrected chi connectivity index (χ0v) is 13.5. The molecule has 2 heteroatoms. The van der Waals surface area contributed by atoms with E-state index in [4.69, 9.17) is 5.73 Å². The summed E-state index contributed by atoms with van der Waals surface area (Å²) in [6.45, 7) is 2.24. The van der Waals surface area contributed by atoms with Gasteiger partial charge in [-0.15, -0.1) is 0 Å². The fourth-order valence-corrected chi connectivity index (χ4v) is 2.62. The SMILES string of the molecule is CCCCCCCCCCC(=O)CC(N)c1ccccc1. The van der Waals surface area contributed by atoms with Gasteiger partial charge in [-0.05, 0) is 12.0 Å². The highest BCUT2D eigenvalue weighted by atomic mass is 16.1. The quantitative estimate of drug-likeness (QED) is 0.539. The van der Waals surface area contributed by atoms with Gasteiger partial charge in [-0.3, -0.25) is 4.79 Å². The first-order valence-electron chi connectivity index (χ1n) is 8.56. The van der Waals surface area contributed by atoms with Crippen LogP contribution in [-0.2, 0) is 4.79 Å². The van der Waals surface area contributed by atoms with Crippen molar-refractivity contribution in [2.24, 2.45) is 5.73 Å². The molecule has 0 aliphatic heterocycles. The van der Waals surface area contributed by atoms with Gasteiger partial charge in [-0.25, -0.2) is 0 Å². The van der Waals surface area contributed by atoms with Crippen molar-refractivity contribution in [2.75, 3.05) is 0 Å². The largest absolute Gasteiger partial charge is 0.324 e. The summed E-state index contributed by atoms with van der Waals surface area (Å²) in [7, 11) is 0. The lowest BCUT2D eigenvalue weighted by molar-refractivity contribution is -0.119. The van der Waals surface area contributed by atoms with Gasteiger partial charge in [0.15, 0.2) is 0 Å². The van der Waals surface area contributed by atoms with Crippen LogP contribution in [0.2, 0.25) is 0 Å². The van der Waals surface area contributed by atoms with Crippen molar-refractivity contribution in [3.63, 3.8) is 0 Å². The third-order valence-electron chi connectivity index (χ3n) is 3.98. The highest BCUT2D eigenvalue weighted by Gasteiger charge is 2.10. The fraction of sp³-hybridized carbons (Fsp3) is 0.632. The molecule has 1 rings (SSSR count). The van der Waals surface area contributed by atoms with E-state index < -0.39 is 0 Å². The molecule has 0 fully saturated rings. The number of carbonyl (C=O) groups is 1. The number of nitrogens with two attached hydrogens (primary N) is 1.